The van der Waals surface area contributed by atoms with Gasteiger partial charge < -0.3 is 20.9 Å². The van der Waals surface area contributed by atoms with E-state index in [0.29, 0.717) is 6.61 Å². The van der Waals surface area contributed by atoms with Gasteiger partial charge in [0.15, 0.2) is 0 Å². The molecule has 1 heterocycles. The number of carboxylic acid groups (broad SMARTS) is 1. The van der Waals surface area contributed by atoms with Crippen molar-refractivity contribution in [3.63, 3.8) is 0 Å². The van der Waals surface area contributed by atoms with Gasteiger partial charge in [0.05, 0.1) is 17.3 Å². The number of benzene rings is 2. The second-order valence-corrected chi connectivity index (χ2v) is 4.77. The summed E-state index contributed by atoms with van der Waals surface area (Å²) < 4.78 is 19.4. The molecule has 0 aliphatic carbocycles. The SMILES string of the molecule is Nc1cc(F)c(NC2COc3ccccc32)cc1C(=O)O. The maximum atomic E-state index is 13.9. The highest BCUT2D eigenvalue weighted by molar-refractivity contribution is 5.94. The molecule has 2 aromatic carbocycles. The molecule has 1 unspecified atom stereocenters. The molecule has 0 saturated carbocycles. The number of hydrogen-bond acceptors (Lipinski definition) is 4. The molecular weight excluding hydrogens is 275 g/mol. The highest BCUT2D eigenvalue weighted by Gasteiger charge is 2.25. The van der Waals surface area contributed by atoms with Crippen LogP contribution in [0.5, 0.6) is 5.75 Å². The molecule has 108 valence electrons. The number of carboxylic acids is 1. The van der Waals surface area contributed by atoms with Crippen LogP contribution in [0.2, 0.25) is 0 Å². The molecule has 6 heteroatoms. The Bertz CT molecular complexity index is 718. The number of nitrogen functional groups attached to an aromatic ring is 1. The number of carbonyl (C=O) groups is 1. The number of anilines is 2. The van der Waals surface area contributed by atoms with Gasteiger partial charge in [-0.2, -0.15) is 0 Å². The lowest BCUT2D eigenvalue weighted by Crippen LogP contribution is -2.14. The first kappa shape index (κ1) is 13.2. The van der Waals surface area contributed by atoms with Crippen LogP contribution in [-0.2, 0) is 0 Å². The van der Waals surface area contributed by atoms with Crippen LogP contribution >= 0.6 is 0 Å². The molecule has 0 amide bonds. The molecule has 0 aromatic heterocycles. The molecule has 1 aliphatic heterocycles. The Hall–Kier alpha value is -2.76. The summed E-state index contributed by atoms with van der Waals surface area (Å²) in [5.41, 5.74) is 6.26. The first-order valence-corrected chi connectivity index (χ1v) is 6.37. The lowest BCUT2D eigenvalue weighted by Gasteiger charge is -2.15. The summed E-state index contributed by atoms with van der Waals surface area (Å²) in [6, 6.07) is 9.41. The first-order valence-electron chi connectivity index (χ1n) is 6.37. The van der Waals surface area contributed by atoms with Gasteiger partial charge in [-0.15, -0.1) is 0 Å². The second-order valence-electron chi connectivity index (χ2n) is 4.77. The van der Waals surface area contributed by atoms with Crippen LogP contribution in [0.1, 0.15) is 22.0 Å². The van der Waals surface area contributed by atoms with E-state index in [2.05, 4.69) is 5.32 Å². The predicted molar refractivity (Wildman–Crippen MR) is 76.1 cm³/mol. The van der Waals surface area contributed by atoms with Gasteiger partial charge in [0.25, 0.3) is 0 Å². The van der Waals surface area contributed by atoms with Gasteiger partial charge in [-0.25, -0.2) is 9.18 Å². The van der Waals surface area contributed by atoms with E-state index in [4.69, 9.17) is 15.6 Å². The highest BCUT2D eigenvalue weighted by atomic mass is 19.1. The lowest BCUT2D eigenvalue weighted by atomic mass is 10.1. The number of nitrogens with one attached hydrogen (secondary N) is 1. The fourth-order valence-electron chi connectivity index (χ4n) is 2.35. The molecule has 21 heavy (non-hydrogen) atoms. The molecule has 4 N–H and O–H groups in total. The highest BCUT2D eigenvalue weighted by Crippen LogP contribution is 2.35. The van der Waals surface area contributed by atoms with Crippen LogP contribution in [0, 0.1) is 5.82 Å². The quantitative estimate of drug-likeness (QED) is 0.756. The minimum Gasteiger partial charge on any atom is -0.491 e. The van der Waals surface area contributed by atoms with Crippen molar-refractivity contribution >= 4 is 17.3 Å². The van der Waals surface area contributed by atoms with Gasteiger partial charge in [-0.3, -0.25) is 0 Å². The van der Waals surface area contributed by atoms with E-state index >= 15 is 0 Å². The summed E-state index contributed by atoms with van der Waals surface area (Å²) in [6.45, 7) is 0.353. The average molecular weight is 288 g/mol. The Morgan fingerprint density at radius 1 is 1.38 bits per heavy atom. The number of nitrogens with two attached hydrogens (primary N) is 1. The molecule has 1 aliphatic rings. The largest absolute Gasteiger partial charge is 0.491 e. The Labute approximate surface area is 120 Å². The van der Waals surface area contributed by atoms with Crippen LogP contribution in [-0.4, -0.2) is 17.7 Å². The zero-order valence-electron chi connectivity index (χ0n) is 11.0. The van der Waals surface area contributed by atoms with E-state index in [1.165, 1.54) is 6.07 Å². The van der Waals surface area contributed by atoms with Crippen molar-refractivity contribution in [3.05, 3.63) is 53.3 Å². The summed E-state index contributed by atoms with van der Waals surface area (Å²) in [7, 11) is 0. The monoisotopic (exact) mass is 288 g/mol. The summed E-state index contributed by atoms with van der Waals surface area (Å²) in [4.78, 5) is 11.1. The molecule has 0 bridgehead atoms. The first-order chi connectivity index (χ1) is 10.1. The van der Waals surface area contributed by atoms with Crippen LogP contribution in [0.4, 0.5) is 15.8 Å². The predicted octanol–water partition coefficient (Wildman–Crippen LogP) is 2.65. The summed E-state index contributed by atoms with van der Waals surface area (Å²) in [5, 5.41) is 12.0. The third-order valence-electron chi connectivity index (χ3n) is 3.40. The normalized spacial score (nSPS) is 16.1. The number of fused-ring (bicyclic) bond motifs is 1. The van der Waals surface area contributed by atoms with Crippen molar-refractivity contribution in [2.24, 2.45) is 0 Å². The van der Waals surface area contributed by atoms with Crippen molar-refractivity contribution in [2.45, 2.75) is 6.04 Å². The maximum absolute atomic E-state index is 13.9. The van der Waals surface area contributed by atoms with Gasteiger partial charge in [-0.05, 0) is 18.2 Å². The molecule has 0 radical (unpaired) electrons. The minimum absolute atomic E-state index is 0.0897. The van der Waals surface area contributed by atoms with Crippen molar-refractivity contribution in [1.82, 2.24) is 0 Å². The Morgan fingerprint density at radius 3 is 2.90 bits per heavy atom. The number of aromatic carboxylic acids is 1. The van der Waals surface area contributed by atoms with Crippen LogP contribution in [0.25, 0.3) is 0 Å². The molecule has 1 atom stereocenters. The minimum atomic E-state index is -1.20. The lowest BCUT2D eigenvalue weighted by molar-refractivity contribution is 0.0698. The number of halogens is 1. The Kier molecular flexibility index (Phi) is 3.13. The number of hydrogen-bond donors (Lipinski definition) is 3. The second kappa shape index (κ2) is 4.97. The summed E-state index contributed by atoms with van der Waals surface area (Å²) in [5.74, 6) is -1.05. The van der Waals surface area contributed by atoms with Crippen LogP contribution in [0.15, 0.2) is 36.4 Å². The van der Waals surface area contributed by atoms with Crippen molar-refractivity contribution in [2.75, 3.05) is 17.7 Å². The fourth-order valence-corrected chi connectivity index (χ4v) is 2.35. The van der Waals surface area contributed by atoms with E-state index in [1.54, 1.807) is 0 Å². The standard InChI is InChI=1S/C15H13FN2O3/c16-10-6-11(17)9(15(19)20)5-12(10)18-13-7-21-14-4-2-1-3-8(13)14/h1-6,13,18H,7,17H2,(H,19,20). The molecule has 2 aromatic rings. The Balaban J connectivity index is 1.93. The van der Waals surface area contributed by atoms with Crippen LogP contribution in [0.3, 0.4) is 0 Å². The van der Waals surface area contributed by atoms with E-state index in [-0.39, 0.29) is 23.0 Å². The van der Waals surface area contributed by atoms with Gasteiger partial charge in [-0.1, -0.05) is 18.2 Å². The van der Waals surface area contributed by atoms with Gasteiger partial charge >= 0.3 is 5.97 Å². The zero-order valence-corrected chi connectivity index (χ0v) is 11.0. The number of rotatable bonds is 3. The molecule has 3 rings (SSSR count). The van der Waals surface area contributed by atoms with Gasteiger partial charge in [0.1, 0.15) is 18.2 Å². The number of ether oxygens (including phenoxy) is 1. The molecule has 0 fully saturated rings. The molecule has 5 nitrogen and oxygen atoms in total. The van der Waals surface area contributed by atoms with Gasteiger partial charge in [0, 0.05) is 11.3 Å². The third-order valence-corrected chi connectivity index (χ3v) is 3.40. The summed E-state index contributed by atoms with van der Waals surface area (Å²) in [6.07, 6.45) is 0. The fraction of sp³-hybridized carbons (Fsp3) is 0.133. The maximum Gasteiger partial charge on any atom is 0.337 e. The smallest absolute Gasteiger partial charge is 0.337 e. The van der Waals surface area contributed by atoms with E-state index in [9.17, 15) is 9.18 Å². The van der Waals surface area contributed by atoms with Gasteiger partial charge in [0.2, 0.25) is 0 Å². The van der Waals surface area contributed by atoms with E-state index in [1.807, 2.05) is 24.3 Å². The number of para-hydroxylation sites is 1. The molecule has 0 saturated heterocycles. The van der Waals surface area contributed by atoms with E-state index in [0.717, 1.165) is 17.4 Å². The third kappa shape index (κ3) is 2.35. The zero-order chi connectivity index (χ0) is 15.0. The van der Waals surface area contributed by atoms with Crippen LogP contribution < -0.4 is 15.8 Å². The van der Waals surface area contributed by atoms with E-state index < -0.39 is 11.8 Å². The Morgan fingerprint density at radius 2 is 2.14 bits per heavy atom. The summed E-state index contributed by atoms with van der Waals surface area (Å²) >= 11 is 0. The van der Waals surface area contributed by atoms with Crippen molar-refractivity contribution < 1.29 is 19.0 Å². The van der Waals surface area contributed by atoms with Crippen molar-refractivity contribution in [3.8, 4) is 5.75 Å². The molecule has 0 spiro atoms. The average Bonchev–Trinajstić information content (AvgIpc) is 2.85. The van der Waals surface area contributed by atoms with Crippen molar-refractivity contribution in [1.29, 1.82) is 0 Å². The topological polar surface area (TPSA) is 84.6 Å². The molecular formula is C15H13FN2O3.